The summed E-state index contributed by atoms with van der Waals surface area (Å²) in [7, 11) is 9.60. The zero-order valence-corrected chi connectivity index (χ0v) is 52.4. The van der Waals surface area contributed by atoms with Crippen LogP contribution in [0.2, 0.25) is 0 Å². The van der Waals surface area contributed by atoms with Crippen LogP contribution in [-0.4, -0.2) is 55.6 Å². The molecular weight excluding hydrogens is 1020 g/mol. The molecule has 0 saturated heterocycles. The van der Waals surface area contributed by atoms with Crippen molar-refractivity contribution in [3.05, 3.63) is 254 Å². The second-order valence-corrected chi connectivity index (χ2v) is 30.5. The lowest BCUT2D eigenvalue weighted by molar-refractivity contribution is 0.339. The Morgan fingerprint density at radius 2 is 0.846 bits per heavy atom. The summed E-state index contributed by atoms with van der Waals surface area (Å²) >= 11 is 0. The van der Waals surface area contributed by atoms with Crippen LogP contribution in [0.5, 0.6) is 5.75 Å². The molecule has 0 radical (unpaired) electrons. The highest BCUT2D eigenvalue weighted by Gasteiger charge is 2.37. The Morgan fingerprint density at radius 1 is 0.449 bits per heavy atom. The lowest BCUT2D eigenvalue weighted by Gasteiger charge is -2.42. The van der Waals surface area contributed by atoms with Crippen molar-refractivity contribution in [2.45, 2.75) is 78.7 Å². The predicted octanol–water partition coefficient (Wildman–Crippen LogP) is 16.8. The van der Waals surface area contributed by atoms with E-state index in [4.69, 9.17) is 4.52 Å². The van der Waals surface area contributed by atoms with Gasteiger partial charge in [0.15, 0.2) is 0 Å². The summed E-state index contributed by atoms with van der Waals surface area (Å²) in [6.45, 7) is 20.7. The molecule has 404 valence electrons. The first kappa shape index (κ1) is 61.5. The summed E-state index contributed by atoms with van der Waals surface area (Å²) < 4.78 is 5.02. The third kappa shape index (κ3) is 17.6. The van der Waals surface area contributed by atoms with Crippen molar-refractivity contribution in [2.75, 3.05) is 39.3 Å². The Bertz CT molecular complexity index is 3060. The summed E-state index contributed by atoms with van der Waals surface area (Å²) in [5.41, 5.74) is 9.00. The second-order valence-electron chi connectivity index (χ2n) is 22.0. The normalized spacial score (nSPS) is 11.7. The van der Waals surface area contributed by atoms with Crippen molar-refractivity contribution in [2.24, 2.45) is 0 Å². The molecule has 3 nitrogen and oxygen atoms in total. The Morgan fingerprint density at radius 3 is 1.28 bits per heavy atom. The molecule has 78 heavy (non-hydrogen) atoms. The third-order valence-electron chi connectivity index (χ3n) is 13.3. The van der Waals surface area contributed by atoms with E-state index in [0.717, 1.165) is 5.75 Å². The minimum atomic E-state index is -0.641. The third-order valence-corrected chi connectivity index (χ3v) is 22.4. The van der Waals surface area contributed by atoms with Gasteiger partial charge in [-0.2, -0.15) is 0 Å². The Kier molecular flexibility index (Phi) is 23.7. The van der Waals surface area contributed by atoms with Gasteiger partial charge in [-0.3, -0.25) is 0 Å². The van der Waals surface area contributed by atoms with E-state index in [1.807, 2.05) is 19.1 Å². The number of rotatable bonds is 13. The lowest BCUT2D eigenvalue weighted by atomic mass is 10.0. The van der Waals surface area contributed by atoms with Crippen molar-refractivity contribution in [1.82, 2.24) is 4.90 Å². The fourth-order valence-corrected chi connectivity index (χ4v) is 19.3. The summed E-state index contributed by atoms with van der Waals surface area (Å²) in [6.07, 6.45) is 1.20. The van der Waals surface area contributed by atoms with Gasteiger partial charge in [0.2, 0.25) is 0 Å². The van der Waals surface area contributed by atoms with Crippen LogP contribution in [0.25, 0.3) is 22.3 Å². The van der Waals surface area contributed by atoms with Gasteiger partial charge in [0.1, 0.15) is 5.75 Å². The van der Waals surface area contributed by atoms with E-state index in [1.54, 1.807) is 0 Å². The van der Waals surface area contributed by atoms with E-state index >= 15 is 0 Å². The van der Waals surface area contributed by atoms with E-state index in [1.165, 1.54) is 77.1 Å². The molecule has 7 heteroatoms. The summed E-state index contributed by atoms with van der Waals surface area (Å²) in [5.74, 6) is 0.926. The van der Waals surface area contributed by atoms with Crippen LogP contribution in [-0.2, 0) is 0 Å². The molecule has 0 aliphatic heterocycles. The number of aryl methyl sites for hydroxylation is 2. The van der Waals surface area contributed by atoms with Gasteiger partial charge >= 0.3 is 0 Å². The molecule has 9 rings (SSSR count). The van der Waals surface area contributed by atoms with Crippen LogP contribution in [0.15, 0.2) is 243 Å². The van der Waals surface area contributed by atoms with Gasteiger partial charge in [-0.05, 0) is 133 Å². The maximum Gasteiger partial charge on any atom is 0.125 e. The summed E-state index contributed by atoms with van der Waals surface area (Å²) in [5, 5.41) is 9.19. The Balaban J connectivity index is 0.000000177. The second kappa shape index (κ2) is 30.0. The van der Waals surface area contributed by atoms with Crippen LogP contribution in [0.4, 0.5) is 5.69 Å². The number of para-hydroxylation sites is 1. The molecule has 0 amide bonds. The van der Waals surface area contributed by atoms with Crippen LogP contribution in [0, 0.1) is 13.8 Å². The molecule has 0 aliphatic carbocycles. The van der Waals surface area contributed by atoms with Gasteiger partial charge in [-0.1, -0.05) is 286 Å². The van der Waals surface area contributed by atoms with Crippen LogP contribution in [0.3, 0.4) is 0 Å². The number of hydrogen-bond donors (Lipinski definition) is 0. The summed E-state index contributed by atoms with van der Waals surface area (Å²) in [6, 6.07) is 87.6. The Labute approximate surface area is 477 Å². The van der Waals surface area contributed by atoms with Gasteiger partial charge in [0, 0.05) is 31.4 Å². The van der Waals surface area contributed by atoms with Crippen molar-refractivity contribution in [3.63, 3.8) is 0 Å². The van der Waals surface area contributed by atoms with Gasteiger partial charge in [0.05, 0.1) is 9.47 Å². The molecular formula is C71H84N2OP4. The van der Waals surface area contributed by atoms with Gasteiger partial charge in [-0.15, -0.1) is 0 Å². The van der Waals surface area contributed by atoms with Gasteiger partial charge < -0.3 is 14.3 Å². The lowest BCUT2D eigenvalue weighted by Crippen LogP contribution is -2.31. The van der Waals surface area contributed by atoms with Crippen LogP contribution >= 0.6 is 33.2 Å². The van der Waals surface area contributed by atoms with E-state index in [9.17, 15) is 0 Å². The van der Waals surface area contributed by atoms with E-state index in [-0.39, 0.29) is 15.8 Å². The highest BCUT2D eigenvalue weighted by molar-refractivity contribution is 7.80. The van der Waals surface area contributed by atoms with E-state index < -0.39 is 7.92 Å². The standard InChI is InChI=1S/C26H24NP.C20H27P.C17H22NP.C8H11OP/c1-27(2)25-19-11-9-17-23(25)24-18-10-12-20-26(24)28(21-13-5-3-6-14-21)22-15-7-4-8-16-22;1-19(2,3)21(20(4,5)6)18-15-11-10-14-17(18)16-12-8-7-9-13-16;1-15(18(2)3)14-19(16-10-6-4-7-11-16)17-12-8-5-9-13-17;1-6-3-4-8(9-10)7(2)5-6/h3-20H,1-2H3;7-15H,1-6H3;4-13,15H,14H2,1-3H3;3-5H,10H2,1-2H3. The molecule has 0 spiro atoms. The maximum absolute atomic E-state index is 5.02. The monoisotopic (exact) mass is 1100 g/mol. The van der Waals surface area contributed by atoms with Gasteiger partial charge in [-0.25, -0.2) is 0 Å². The smallest absolute Gasteiger partial charge is 0.125 e. The zero-order chi connectivity index (χ0) is 56.2. The first-order valence-electron chi connectivity index (χ1n) is 27.1. The molecule has 2 unspecified atom stereocenters. The first-order valence-corrected chi connectivity index (χ1v) is 31.8. The fourth-order valence-electron chi connectivity index (χ4n) is 9.76. The topological polar surface area (TPSA) is 15.7 Å². The highest BCUT2D eigenvalue weighted by atomic mass is 31.1. The van der Waals surface area contributed by atoms with Crippen molar-refractivity contribution in [1.29, 1.82) is 0 Å². The van der Waals surface area contributed by atoms with Crippen LogP contribution in [0.1, 0.15) is 59.6 Å². The average Bonchev–Trinajstić information content (AvgIpc) is 3.44. The first-order chi connectivity index (χ1) is 37.4. The SMILES string of the molecule is CC(C)(C)P(c1ccccc1-c1ccccc1)C(C)(C)C.CC(CP(c1ccccc1)c1ccccc1)N(C)C.CN(C)c1ccccc1-c1ccccc1P(c1ccccc1)c1ccccc1.Cc1ccc(OP)c(C)c1. The quantitative estimate of drug-likeness (QED) is 0.107. The fraction of sp³-hybridized carbons (Fsp3) is 0.239. The number of hydrogen-bond acceptors (Lipinski definition) is 3. The minimum absolute atomic E-state index is 0.264. The predicted molar refractivity (Wildman–Crippen MR) is 356 cm³/mol. The molecule has 0 aromatic heterocycles. The molecule has 9 aromatic carbocycles. The molecule has 0 aliphatic rings. The molecule has 0 N–H and O–H groups in total. The van der Waals surface area contributed by atoms with Gasteiger partial charge in [0.25, 0.3) is 0 Å². The molecule has 0 saturated carbocycles. The van der Waals surface area contributed by atoms with E-state index in [0.29, 0.717) is 16.4 Å². The maximum atomic E-state index is 5.02. The number of anilines is 1. The molecule has 0 fully saturated rings. The Hall–Kier alpha value is -5.74. The van der Waals surface area contributed by atoms with E-state index in [2.05, 4.69) is 333 Å². The molecule has 0 bridgehead atoms. The average molecular weight is 1110 g/mol. The van der Waals surface area contributed by atoms with Crippen LogP contribution < -0.4 is 41.3 Å². The largest absolute Gasteiger partial charge is 0.480 e. The highest BCUT2D eigenvalue weighted by Crippen LogP contribution is 2.59. The van der Waals surface area contributed by atoms with Crippen molar-refractivity contribution < 1.29 is 4.52 Å². The van der Waals surface area contributed by atoms with Crippen molar-refractivity contribution in [3.8, 4) is 28.0 Å². The minimum Gasteiger partial charge on any atom is -0.480 e. The zero-order valence-electron chi connectivity index (χ0n) is 48.6. The molecule has 2 atom stereocenters. The molecule has 0 heterocycles. The van der Waals surface area contributed by atoms with Crippen molar-refractivity contribution >= 4 is 70.7 Å². The number of benzene rings is 9. The summed E-state index contributed by atoms with van der Waals surface area (Å²) in [4.78, 5) is 4.50. The number of nitrogens with zero attached hydrogens (tertiary/aromatic N) is 2. The molecule has 9 aromatic rings.